The number of allylic oxidation sites excluding steroid dienone is 2. The summed E-state index contributed by atoms with van der Waals surface area (Å²) in [6.45, 7) is 2.22. The Labute approximate surface area is 164 Å². The molecule has 27 heavy (non-hydrogen) atoms. The standard InChI is InChI=1S/C24H36O3/c1-2-3-4-5-6-7-18-23(25)19-12-10-16-21-14-8-9-15-22(21)17-11-13-20-24(26)27/h8-10,12,14-16,19,23,25H,2-7,11,13,17-18,20H2,1H3,(H,26,27)/b16-10+,19-12+/t23-/m0/s1. The molecule has 3 heteroatoms. The van der Waals surface area contributed by atoms with Gasteiger partial charge in [0.25, 0.3) is 0 Å². The lowest BCUT2D eigenvalue weighted by molar-refractivity contribution is -0.137. The lowest BCUT2D eigenvalue weighted by Crippen LogP contribution is -2.01. The van der Waals surface area contributed by atoms with E-state index < -0.39 is 5.97 Å². The fraction of sp³-hybridized carbons (Fsp3) is 0.542. The minimum Gasteiger partial charge on any atom is -0.481 e. The number of hydrogen-bond donors (Lipinski definition) is 2. The number of carboxylic acids is 1. The summed E-state index contributed by atoms with van der Waals surface area (Å²) in [5.41, 5.74) is 2.39. The van der Waals surface area contributed by atoms with Gasteiger partial charge in [0.1, 0.15) is 0 Å². The van der Waals surface area contributed by atoms with Gasteiger partial charge in [-0.15, -0.1) is 0 Å². The van der Waals surface area contributed by atoms with Crippen LogP contribution in [-0.2, 0) is 11.2 Å². The van der Waals surface area contributed by atoms with E-state index in [4.69, 9.17) is 5.11 Å². The summed E-state index contributed by atoms with van der Waals surface area (Å²) in [5.74, 6) is -0.729. The molecule has 0 aromatic heterocycles. The molecule has 0 unspecified atom stereocenters. The number of carbonyl (C=O) groups is 1. The van der Waals surface area contributed by atoms with Crippen LogP contribution in [0.25, 0.3) is 6.08 Å². The molecule has 0 saturated carbocycles. The third-order valence-electron chi connectivity index (χ3n) is 4.72. The van der Waals surface area contributed by atoms with Gasteiger partial charge in [0.2, 0.25) is 0 Å². The number of carboxylic acid groups (broad SMARTS) is 1. The zero-order valence-corrected chi connectivity index (χ0v) is 16.8. The Balaban J connectivity index is 2.34. The summed E-state index contributed by atoms with van der Waals surface area (Å²) in [6.07, 6.45) is 18.4. The van der Waals surface area contributed by atoms with Gasteiger partial charge < -0.3 is 10.2 Å². The highest BCUT2D eigenvalue weighted by molar-refractivity contribution is 5.66. The predicted molar refractivity (Wildman–Crippen MR) is 114 cm³/mol. The monoisotopic (exact) mass is 372 g/mol. The fourth-order valence-corrected chi connectivity index (χ4v) is 3.10. The normalized spacial score (nSPS) is 12.8. The Hall–Kier alpha value is -1.87. The topological polar surface area (TPSA) is 57.5 Å². The third-order valence-corrected chi connectivity index (χ3v) is 4.72. The van der Waals surface area contributed by atoms with Crippen LogP contribution >= 0.6 is 0 Å². The van der Waals surface area contributed by atoms with E-state index in [1.165, 1.54) is 37.7 Å². The molecule has 0 radical (unpaired) electrons. The summed E-state index contributed by atoms with van der Waals surface area (Å²) < 4.78 is 0. The smallest absolute Gasteiger partial charge is 0.303 e. The Morgan fingerprint density at radius 2 is 1.74 bits per heavy atom. The van der Waals surface area contributed by atoms with Gasteiger partial charge in [0, 0.05) is 6.42 Å². The van der Waals surface area contributed by atoms with E-state index in [1.807, 2.05) is 30.4 Å². The van der Waals surface area contributed by atoms with Crippen molar-refractivity contribution in [1.82, 2.24) is 0 Å². The van der Waals surface area contributed by atoms with Crippen molar-refractivity contribution in [1.29, 1.82) is 0 Å². The first-order valence-corrected chi connectivity index (χ1v) is 10.5. The Morgan fingerprint density at radius 3 is 2.52 bits per heavy atom. The van der Waals surface area contributed by atoms with Crippen LogP contribution in [0, 0.1) is 0 Å². The molecular weight excluding hydrogens is 336 g/mol. The summed E-state index contributed by atoms with van der Waals surface area (Å²) in [7, 11) is 0. The van der Waals surface area contributed by atoms with Crippen molar-refractivity contribution < 1.29 is 15.0 Å². The Bertz CT molecular complexity index is 575. The van der Waals surface area contributed by atoms with Crippen molar-refractivity contribution in [2.45, 2.75) is 83.7 Å². The summed E-state index contributed by atoms with van der Waals surface area (Å²) in [6, 6.07) is 8.20. The molecular formula is C24H36O3. The van der Waals surface area contributed by atoms with E-state index in [9.17, 15) is 9.90 Å². The Kier molecular flexibility index (Phi) is 13.1. The van der Waals surface area contributed by atoms with Crippen molar-refractivity contribution in [2.75, 3.05) is 0 Å². The van der Waals surface area contributed by atoms with Gasteiger partial charge in [-0.3, -0.25) is 4.79 Å². The molecule has 0 amide bonds. The van der Waals surface area contributed by atoms with Gasteiger partial charge in [0.05, 0.1) is 6.10 Å². The molecule has 2 N–H and O–H groups in total. The van der Waals surface area contributed by atoms with E-state index in [1.54, 1.807) is 0 Å². The van der Waals surface area contributed by atoms with Crippen LogP contribution in [0.15, 0.2) is 42.5 Å². The zero-order chi connectivity index (χ0) is 19.7. The number of rotatable bonds is 15. The van der Waals surface area contributed by atoms with Crippen molar-refractivity contribution in [3.63, 3.8) is 0 Å². The maximum Gasteiger partial charge on any atom is 0.303 e. The van der Waals surface area contributed by atoms with Crippen molar-refractivity contribution >= 4 is 12.0 Å². The molecule has 0 bridgehead atoms. The number of benzene rings is 1. The van der Waals surface area contributed by atoms with Gasteiger partial charge in [-0.25, -0.2) is 0 Å². The number of aliphatic hydroxyl groups is 1. The van der Waals surface area contributed by atoms with Crippen molar-refractivity contribution in [3.8, 4) is 0 Å². The highest BCUT2D eigenvalue weighted by atomic mass is 16.4. The van der Waals surface area contributed by atoms with E-state index in [0.717, 1.165) is 31.2 Å². The highest BCUT2D eigenvalue weighted by Crippen LogP contribution is 2.15. The van der Waals surface area contributed by atoms with E-state index >= 15 is 0 Å². The van der Waals surface area contributed by atoms with Crippen LogP contribution < -0.4 is 0 Å². The zero-order valence-electron chi connectivity index (χ0n) is 16.8. The van der Waals surface area contributed by atoms with Crippen LogP contribution in [0.2, 0.25) is 0 Å². The van der Waals surface area contributed by atoms with E-state index in [2.05, 4.69) is 25.1 Å². The first-order chi connectivity index (χ1) is 13.1. The molecule has 0 aliphatic carbocycles. The number of aryl methyl sites for hydroxylation is 1. The van der Waals surface area contributed by atoms with Gasteiger partial charge in [0.15, 0.2) is 0 Å². The lowest BCUT2D eigenvalue weighted by atomic mass is 10.0. The maximum absolute atomic E-state index is 10.6. The minimum absolute atomic E-state index is 0.233. The van der Waals surface area contributed by atoms with Crippen molar-refractivity contribution in [3.05, 3.63) is 53.6 Å². The summed E-state index contributed by atoms with van der Waals surface area (Å²) >= 11 is 0. The van der Waals surface area contributed by atoms with Crippen LogP contribution in [0.5, 0.6) is 0 Å². The van der Waals surface area contributed by atoms with E-state index in [-0.39, 0.29) is 12.5 Å². The van der Waals surface area contributed by atoms with Crippen LogP contribution in [0.3, 0.4) is 0 Å². The number of unbranched alkanes of at least 4 members (excludes halogenated alkanes) is 6. The molecule has 1 aromatic rings. The third kappa shape index (κ3) is 12.2. The molecule has 0 fully saturated rings. The quantitative estimate of drug-likeness (QED) is 0.286. The molecule has 1 atom stereocenters. The average Bonchev–Trinajstić information content (AvgIpc) is 2.66. The largest absolute Gasteiger partial charge is 0.481 e. The van der Waals surface area contributed by atoms with Gasteiger partial charge in [-0.05, 0) is 36.8 Å². The molecule has 1 aromatic carbocycles. The number of hydrogen-bond acceptors (Lipinski definition) is 2. The maximum atomic E-state index is 10.6. The molecule has 0 spiro atoms. The van der Waals surface area contributed by atoms with Crippen molar-refractivity contribution in [2.24, 2.45) is 0 Å². The SMILES string of the molecule is CCCCCCCC[C@H](O)/C=C/C=C/c1ccccc1CCCCC(=O)O. The summed E-state index contributed by atoms with van der Waals surface area (Å²) in [5, 5.41) is 18.7. The first kappa shape index (κ1) is 23.2. The molecule has 3 nitrogen and oxygen atoms in total. The molecule has 0 saturated heterocycles. The molecule has 0 aliphatic rings. The molecule has 1 rings (SSSR count). The summed E-state index contributed by atoms with van der Waals surface area (Å²) in [4.78, 5) is 10.6. The first-order valence-electron chi connectivity index (χ1n) is 10.5. The predicted octanol–water partition coefficient (Wildman–Crippen LogP) is 6.16. The number of aliphatic hydroxyl groups excluding tert-OH is 1. The second kappa shape index (κ2) is 15.2. The fourth-order valence-electron chi connectivity index (χ4n) is 3.10. The second-order valence-electron chi connectivity index (χ2n) is 7.17. The van der Waals surface area contributed by atoms with E-state index in [0.29, 0.717) is 6.42 Å². The molecule has 150 valence electrons. The van der Waals surface area contributed by atoms with Crippen LogP contribution in [-0.4, -0.2) is 22.3 Å². The van der Waals surface area contributed by atoms with Gasteiger partial charge >= 0.3 is 5.97 Å². The van der Waals surface area contributed by atoms with Crippen LogP contribution in [0.1, 0.15) is 82.3 Å². The average molecular weight is 373 g/mol. The highest BCUT2D eigenvalue weighted by Gasteiger charge is 2.01. The molecule has 0 aliphatic heterocycles. The van der Waals surface area contributed by atoms with Gasteiger partial charge in [-0.1, -0.05) is 94.0 Å². The second-order valence-corrected chi connectivity index (χ2v) is 7.17. The van der Waals surface area contributed by atoms with Gasteiger partial charge in [-0.2, -0.15) is 0 Å². The van der Waals surface area contributed by atoms with Crippen LogP contribution in [0.4, 0.5) is 0 Å². The Morgan fingerprint density at radius 1 is 1.00 bits per heavy atom. The lowest BCUT2D eigenvalue weighted by Gasteiger charge is -2.06. The number of aliphatic carboxylic acids is 1. The molecule has 0 heterocycles. The minimum atomic E-state index is -0.729.